The van der Waals surface area contributed by atoms with Gasteiger partial charge in [0.2, 0.25) is 5.91 Å². The van der Waals surface area contributed by atoms with Crippen molar-refractivity contribution >= 4 is 23.0 Å². The molecule has 0 heterocycles. The van der Waals surface area contributed by atoms with Crippen molar-refractivity contribution in [3.8, 4) is 0 Å². The molecule has 19 heavy (non-hydrogen) atoms. The fourth-order valence-electron chi connectivity index (χ4n) is 1.37. The summed E-state index contributed by atoms with van der Waals surface area (Å²) >= 11 is 0. The number of carbonyl (C=O) groups excluding carboxylic acids is 1. The summed E-state index contributed by atoms with van der Waals surface area (Å²) in [6.45, 7) is 1.93. The van der Waals surface area contributed by atoms with Crippen molar-refractivity contribution in [3.05, 3.63) is 38.4 Å². The average molecular weight is 268 g/mol. The first-order chi connectivity index (χ1) is 8.91. The van der Waals surface area contributed by atoms with Crippen LogP contribution < -0.4 is 10.6 Å². The summed E-state index contributed by atoms with van der Waals surface area (Å²) in [6, 6.07) is 3.33. The second-order valence-corrected chi connectivity index (χ2v) is 3.63. The van der Waals surface area contributed by atoms with Gasteiger partial charge in [0.1, 0.15) is 5.69 Å². The number of anilines is 1. The summed E-state index contributed by atoms with van der Waals surface area (Å²) in [6.07, 6.45) is 0. The van der Waals surface area contributed by atoms with Gasteiger partial charge in [0.25, 0.3) is 11.4 Å². The van der Waals surface area contributed by atoms with Crippen LogP contribution in [0.15, 0.2) is 18.2 Å². The average Bonchev–Trinajstić information content (AvgIpc) is 2.34. The van der Waals surface area contributed by atoms with Gasteiger partial charge >= 0.3 is 0 Å². The van der Waals surface area contributed by atoms with E-state index in [1.807, 2.05) is 0 Å². The molecule has 0 atom stereocenters. The highest BCUT2D eigenvalue weighted by Crippen LogP contribution is 2.28. The van der Waals surface area contributed by atoms with Gasteiger partial charge in [0, 0.05) is 26.1 Å². The Labute approximate surface area is 107 Å². The van der Waals surface area contributed by atoms with Crippen LogP contribution in [0.1, 0.15) is 6.92 Å². The maximum Gasteiger partial charge on any atom is 0.299 e. The van der Waals surface area contributed by atoms with Gasteiger partial charge in [0.15, 0.2) is 0 Å². The molecular weight excluding hydrogens is 256 g/mol. The summed E-state index contributed by atoms with van der Waals surface area (Å²) in [5, 5.41) is 26.6. The zero-order valence-electron chi connectivity index (χ0n) is 10.1. The van der Waals surface area contributed by atoms with E-state index in [0.717, 1.165) is 6.07 Å². The van der Waals surface area contributed by atoms with Crippen LogP contribution in [0.25, 0.3) is 0 Å². The molecule has 0 unspecified atom stereocenters. The normalized spacial score (nSPS) is 9.74. The fourth-order valence-corrected chi connectivity index (χ4v) is 1.37. The van der Waals surface area contributed by atoms with E-state index in [9.17, 15) is 25.0 Å². The lowest BCUT2D eigenvalue weighted by Crippen LogP contribution is -2.26. The van der Waals surface area contributed by atoms with Gasteiger partial charge in [-0.25, -0.2) is 0 Å². The molecule has 0 saturated carbocycles. The molecule has 0 aliphatic heterocycles. The predicted molar refractivity (Wildman–Crippen MR) is 66.9 cm³/mol. The van der Waals surface area contributed by atoms with E-state index in [0.29, 0.717) is 6.54 Å². The SMILES string of the molecule is CC(=O)NCCNc1ccc([N+](=O)[O-])cc1[N+](=O)[O-]. The van der Waals surface area contributed by atoms with Gasteiger partial charge in [-0.15, -0.1) is 0 Å². The molecule has 1 rings (SSSR count). The highest BCUT2D eigenvalue weighted by molar-refractivity contribution is 5.72. The highest BCUT2D eigenvalue weighted by atomic mass is 16.6. The number of hydrogen-bond donors (Lipinski definition) is 2. The van der Waals surface area contributed by atoms with Crippen LogP contribution in [-0.2, 0) is 4.79 Å². The molecule has 0 bridgehead atoms. The summed E-state index contributed by atoms with van der Waals surface area (Å²) < 4.78 is 0. The third kappa shape index (κ3) is 4.22. The van der Waals surface area contributed by atoms with Crippen molar-refractivity contribution in [3.63, 3.8) is 0 Å². The first-order valence-electron chi connectivity index (χ1n) is 5.33. The molecule has 1 aromatic rings. The number of nitrogens with one attached hydrogen (secondary N) is 2. The zero-order valence-corrected chi connectivity index (χ0v) is 10.1. The Kier molecular flexibility index (Phi) is 4.75. The Balaban J connectivity index is 2.79. The van der Waals surface area contributed by atoms with Crippen molar-refractivity contribution in [2.75, 3.05) is 18.4 Å². The Bertz CT molecular complexity index is 517. The molecule has 102 valence electrons. The lowest BCUT2D eigenvalue weighted by molar-refractivity contribution is -0.393. The summed E-state index contributed by atoms with van der Waals surface area (Å²) in [7, 11) is 0. The second kappa shape index (κ2) is 6.28. The van der Waals surface area contributed by atoms with Gasteiger partial charge in [-0.2, -0.15) is 0 Å². The lowest BCUT2D eigenvalue weighted by Gasteiger charge is -2.07. The van der Waals surface area contributed by atoms with E-state index in [2.05, 4.69) is 10.6 Å². The Morgan fingerprint density at radius 1 is 1.21 bits per heavy atom. The molecule has 0 aliphatic carbocycles. The monoisotopic (exact) mass is 268 g/mol. The van der Waals surface area contributed by atoms with Crippen molar-refractivity contribution in [2.24, 2.45) is 0 Å². The minimum absolute atomic E-state index is 0.168. The quantitative estimate of drug-likeness (QED) is 0.451. The van der Waals surface area contributed by atoms with Crippen LogP contribution in [0.3, 0.4) is 0 Å². The number of nitro benzene ring substituents is 2. The van der Waals surface area contributed by atoms with Gasteiger partial charge in [-0.1, -0.05) is 0 Å². The van der Waals surface area contributed by atoms with E-state index >= 15 is 0 Å². The number of hydrogen-bond acceptors (Lipinski definition) is 6. The fraction of sp³-hybridized carbons (Fsp3) is 0.300. The van der Waals surface area contributed by atoms with Crippen molar-refractivity contribution < 1.29 is 14.6 Å². The maximum atomic E-state index is 10.8. The minimum Gasteiger partial charge on any atom is -0.378 e. The minimum atomic E-state index is -0.701. The first kappa shape index (κ1) is 14.4. The Morgan fingerprint density at radius 2 is 1.89 bits per heavy atom. The molecule has 1 aromatic carbocycles. The third-order valence-electron chi connectivity index (χ3n) is 2.20. The van der Waals surface area contributed by atoms with Gasteiger partial charge in [-0.05, 0) is 6.07 Å². The highest BCUT2D eigenvalue weighted by Gasteiger charge is 2.18. The second-order valence-electron chi connectivity index (χ2n) is 3.63. The largest absolute Gasteiger partial charge is 0.378 e. The number of carbonyl (C=O) groups is 1. The third-order valence-corrected chi connectivity index (χ3v) is 2.20. The van der Waals surface area contributed by atoms with E-state index in [4.69, 9.17) is 0 Å². The molecule has 0 aromatic heterocycles. The maximum absolute atomic E-state index is 10.8. The van der Waals surface area contributed by atoms with E-state index in [-0.39, 0.29) is 29.5 Å². The number of nitro groups is 2. The lowest BCUT2D eigenvalue weighted by atomic mass is 10.2. The Morgan fingerprint density at radius 3 is 2.42 bits per heavy atom. The van der Waals surface area contributed by atoms with Crippen molar-refractivity contribution in [1.82, 2.24) is 5.32 Å². The summed E-state index contributed by atoms with van der Waals surface area (Å²) in [4.78, 5) is 30.6. The molecule has 1 amide bonds. The number of benzene rings is 1. The van der Waals surface area contributed by atoms with Gasteiger partial charge < -0.3 is 10.6 Å². The number of non-ortho nitro benzene ring substituents is 1. The van der Waals surface area contributed by atoms with Gasteiger partial charge in [0.05, 0.1) is 15.9 Å². The standard InChI is InChI=1S/C10H12N4O5/c1-7(15)11-4-5-12-9-3-2-8(13(16)17)6-10(9)14(18)19/h2-3,6,12H,4-5H2,1H3,(H,11,15). The first-order valence-corrected chi connectivity index (χ1v) is 5.33. The van der Waals surface area contributed by atoms with E-state index < -0.39 is 9.85 Å². The molecule has 9 heteroatoms. The molecular formula is C10H12N4O5. The number of rotatable bonds is 6. The van der Waals surface area contributed by atoms with Crippen LogP contribution in [-0.4, -0.2) is 28.8 Å². The predicted octanol–water partition coefficient (Wildman–Crippen LogP) is 1.05. The molecule has 0 saturated heterocycles. The van der Waals surface area contributed by atoms with Crippen LogP contribution in [0.5, 0.6) is 0 Å². The van der Waals surface area contributed by atoms with Crippen LogP contribution in [0, 0.1) is 20.2 Å². The number of nitrogens with zero attached hydrogens (tertiary/aromatic N) is 2. The topological polar surface area (TPSA) is 127 Å². The molecule has 9 nitrogen and oxygen atoms in total. The van der Waals surface area contributed by atoms with Crippen LogP contribution in [0.2, 0.25) is 0 Å². The van der Waals surface area contributed by atoms with E-state index in [1.165, 1.54) is 19.1 Å². The van der Waals surface area contributed by atoms with Gasteiger partial charge in [-0.3, -0.25) is 25.0 Å². The molecule has 0 radical (unpaired) electrons. The molecule has 0 aliphatic rings. The molecule has 0 spiro atoms. The number of amides is 1. The van der Waals surface area contributed by atoms with Crippen LogP contribution in [0.4, 0.5) is 17.1 Å². The van der Waals surface area contributed by atoms with E-state index in [1.54, 1.807) is 0 Å². The molecule has 2 N–H and O–H groups in total. The smallest absolute Gasteiger partial charge is 0.299 e. The summed E-state index contributed by atoms with van der Waals surface area (Å²) in [5.74, 6) is -0.208. The van der Waals surface area contributed by atoms with Crippen LogP contribution >= 0.6 is 0 Å². The van der Waals surface area contributed by atoms with Crippen molar-refractivity contribution in [2.45, 2.75) is 6.92 Å². The zero-order chi connectivity index (χ0) is 14.4. The summed E-state index contributed by atoms with van der Waals surface area (Å²) in [5.41, 5.74) is -0.558. The Hall–Kier alpha value is -2.71. The molecule has 0 fully saturated rings. The van der Waals surface area contributed by atoms with Crippen molar-refractivity contribution in [1.29, 1.82) is 0 Å².